The zero-order valence-corrected chi connectivity index (χ0v) is 10.4. The maximum absolute atomic E-state index is 4.39. The Bertz CT molecular complexity index is 482. The first-order valence-electron chi connectivity index (χ1n) is 5.35. The number of fused-ring (bicyclic) bond motifs is 1. The second-order valence-electron chi connectivity index (χ2n) is 4.32. The Balaban J connectivity index is 2.76. The first-order valence-corrected chi connectivity index (χ1v) is 5.98. The van der Waals surface area contributed by atoms with Crippen molar-refractivity contribution in [2.24, 2.45) is 0 Å². The molecule has 0 spiro atoms. The highest BCUT2D eigenvalue weighted by atomic mass is 32.1. The van der Waals surface area contributed by atoms with Crippen molar-refractivity contribution in [2.45, 2.75) is 32.6 Å². The molecule has 1 aromatic heterocycles. The van der Waals surface area contributed by atoms with Crippen molar-refractivity contribution in [3.8, 4) is 0 Å². The molecule has 0 fully saturated rings. The van der Waals surface area contributed by atoms with Gasteiger partial charge in [0.05, 0.1) is 0 Å². The molecule has 2 rings (SSSR count). The number of hydrogen-bond donors (Lipinski definition) is 1. The van der Waals surface area contributed by atoms with Crippen LogP contribution in [0.15, 0.2) is 24.3 Å². The van der Waals surface area contributed by atoms with Gasteiger partial charge in [0.25, 0.3) is 0 Å². The smallest absolute Gasteiger partial charge is 0.0487 e. The van der Waals surface area contributed by atoms with Gasteiger partial charge in [0.2, 0.25) is 0 Å². The summed E-state index contributed by atoms with van der Waals surface area (Å²) in [4.78, 5) is 0. The lowest BCUT2D eigenvalue weighted by Crippen LogP contribution is -2.03. The van der Waals surface area contributed by atoms with Crippen molar-refractivity contribution in [2.75, 3.05) is 0 Å². The van der Waals surface area contributed by atoms with Gasteiger partial charge in [-0.2, -0.15) is 12.6 Å². The van der Waals surface area contributed by atoms with E-state index < -0.39 is 0 Å². The Hall–Kier alpha value is -0.890. The third-order valence-corrected chi connectivity index (χ3v) is 3.08. The van der Waals surface area contributed by atoms with E-state index >= 15 is 0 Å². The molecule has 2 heteroatoms. The van der Waals surface area contributed by atoms with Gasteiger partial charge in [-0.1, -0.05) is 12.1 Å². The lowest BCUT2D eigenvalue weighted by Gasteiger charge is -2.13. The van der Waals surface area contributed by atoms with E-state index in [0.29, 0.717) is 6.04 Å². The Labute approximate surface area is 96.5 Å². The molecule has 0 bridgehead atoms. The Morgan fingerprint density at radius 2 is 2.00 bits per heavy atom. The Kier molecular flexibility index (Phi) is 2.79. The van der Waals surface area contributed by atoms with Crippen LogP contribution in [0, 0.1) is 6.92 Å². The van der Waals surface area contributed by atoms with Crippen LogP contribution in [0.4, 0.5) is 0 Å². The van der Waals surface area contributed by atoms with E-state index in [-0.39, 0.29) is 0 Å². The van der Waals surface area contributed by atoms with Gasteiger partial charge < -0.3 is 4.57 Å². The van der Waals surface area contributed by atoms with Crippen molar-refractivity contribution < 1.29 is 0 Å². The molecule has 15 heavy (non-hydrogen) atoms. The van der Waals surface area contributed by atoms with Crippen molar-refractivity contribution in [3.05, 3.63) is 35.5 Å². The SMILES string of the molecule is Cc1ccc2cc(CS)n(C(C)C)c2c1. The van der Waals surface area contributed by atoms with E-state index in [1.807, 2.05) is 0 Å². The minimum Gasteiger partial charge on any atom is -0.341 e. The molecule has 0 aliphatic heterocycles. The molecule has 0 saturated heterocycles. The van der Waals surface area contributed by atoms with Gasteiger partial charge in [0, 0.05) is 23.0 Å². The molecule has 1 nitrogen and oxygen atoms in total. The fraction of sp³-hybridized carbons (Fsp3) is 0.385. The summed E-state index contributed by atoms with van der Waals surface area (Å²) in [5.41, 5.74) is 3.94. The first-order chi connectivity index (χ1) is 7.13. The van der Waals surface area contributed by atoms with Crippen molar-refractivity contribution in [1.82, 2.24) is 4.57 Å². The lowest BCUT2D eigenvalue weighted by atomic mass is 10.2. The standard InChI is InChI=1S/C13H17NS/c1-9(2)14-12(8-15)7-11-5-4-10(3)6-13(11)14/h4-7,9,15H,8H2,1-3H3. The molecule has 80 valence electrons. The van der Waals surface area contributed by atoms with Crippen LogP contribution in [0.1, 0.15) is 31.1 Å². The van der Waals surface area contributed by atoms with E-state index in [9.17, 15) is 0 Å². The monoisotopic (exact) mass is 219 g/mol. The maximum atomic E-state index is 4.39. The van der Waals surface area contributed by atoms with Gasteiger partial charge in [-0.15, -0.1) is 0 Å². The van der Waals surface area contributed by atoms with Crippen LogP contribution in [-0.4, -0.2) is 4.57 Å². The zero-order chi connectivity index (χ0) is 11.0. The highest BCUT2D eigenvalue weighted by Crippen LogP contribution is 2.25. The third kappa shape index (κ3) is 1.78. The second kappa shape index (κ2) is 3.93. The highest BCUT2D eigenvalue weighted by Gasteiger charge is 2.09. The van der Waals surface area contributed by atoms with Crippen molar-refractivity contribution in [1.29, 1.82) is 0 Å². The summed E-state index contributed by atoms with van der Waals surface area (Å²) in [6.45, 7) is 6.57. The summed E-state index contributed by atoms with van der Waals surface area (Å²) >= 11 is 4.39. The number of nitrogens with zero attached hydrogens (tertiary/aromatic N) is 1. The van der Waals surface area contributed by atoms with E-state index in [1.165, 1.54) is 22.2 Å². The van der Waals surface area contributed by atoms with Crippen molar-refractivity contribution in [3.63, 3.8) is 0 Å². The molecule has 1 heterocycles. The summed E-state index contributed by atoms with van der Waals surface area (Å²) in [5, 5.41) is 1.32. The molecular weight excluding hydrogens is 202 g/mol. The summed E-state index contributed by atoms with van der Waals surface area (Å²) < 4.78 is 2.37. The number of aryl methyl sites for hydroxylation is 1. The quantitative estimate of drug-likeness (QED) is 0.729. The molecule has 0 N–H and O–H groups in total. The fourth-order valence-corrected chi connectivity index (χ4v) is 2.36. The predicted octanol–water partition coefficient (Wildman–Crippen LogP) is 3.96. The predicted molar refractivity (Wildman–Crippen MR) is 69.8 cm³/mol. The number of thiol groups is 1. The van der Waals surface area contributed by atoms with E-state index in [4.69, 9.17) is 0 Å². The summed E-state index contributed by atoms with van der Waals surface area (Å²) in [7, 11) is 0. The van der Waals surface area contributed by atoms with Crippen LogP contribution >= 0.6 is 12.6 Å². The molecular formula is C13H17NS. The average Bonchev–Trinajstić information content (AvgIpc) is 2.55. The lowest BCUT2D eigenvalue weighted by molar-refractivity contribution is 0.606. The van der Waals surface area contributed by atoms with Crippen LogP contribution in [-0.2, 0) is 5.75 Å². The van der Waals surface area contributed by atoms with Crippen molar-refractivity contribution >= 4 is 23.5 Å². The summed E-state index contributed by atoms with van der Waals surface area (Å²) in [5.74, 6) is 0.798. The van der Waals surface area contributed by atoms with Crippen LogP contribution in [0.3, 0.4) is 0 Å². The van der Waals surface area contributed by atoms with Gasteiger partial charge >= 0.3 is 0 Å². The van der Waals surface area contributed by atoms with Crippen LogP contribution < -0.4 is 0 Å². The van der Waals surface area contributed by atoms with E-state index in [1.54, 1.807) is 0 Å². The van der Waals surface area contributed by atoms with Gasteiger partial charge in [-0.05, 0) is 43.9 Å². The number of hydrogen-bond acceptors (Lipinski definition) is 1. The van der Waals surface area contributed by atoms with Crippen LogP contribution in [0.25, 0.3) is 10.9 Å². The molecule has 0 amide bonds. The van der Waals surface area contributed by atoms with Crippen LogP contribution in [0.5, 0.6) is 0 Å². The molecule has 0 aliphatic rings. The minimum atomic E-state index is 0.492. The van der Waals surface area contributed by atoms with Gasteiger partial charge in [-0.25, -0.2) is 0 Å². The maximum Gasteiger partial charge on any atom is 0.0487 e. The topological polar surface area (TPSA) is 4.93 Å². The molecule has 0 radical (unpaired) electrons. The molecule has 1 aromatic carbocycles. The third-order valence-electron chi connectivity index (χ3n) is 2.76. The normalized spacial score (nSPS) is 11.5. The van der Waals surface area contributed by atoms with Gasteiger partial charge in [0.15, 0.2) is 0 Å². The second-order valence-corrected chi connectivity index (χ2v) is 4.64. The van der Waals surface area contributed by atoms with Gasteiger partial charge in [0.1, 0.15) is 0 Å². The number of rotatable bonds is 2. The van der Waals surface area contributed by atoms with Crippen LogP contribution in [0.2, 0.25) is 0 Å². The summed E-state index contributed by atoms with van der Waals surface area (Å²) in [6, 6.07) is 9.34. The largest absolute Gasteiger partial charge is 0.341 e. The highest BCUT2D eigenvalue weighted by molar-refractivity contribution is 7.79. The Morgan fingerprint density at radius 3 is 2.60 bits per heavy atom. The molecule has 0 atom stereocenters. The fourth-order valence-electron chi connectivity index (χ4n) is 2.12. The molecule has 0 unspecified atom stereocenters. The summed E-state index contributed by atoms with van der Waals surface area (Å²) in [6.07, 6.45) is 0. The Morgan fingerprint density at radius 1 is 1.27 bits per heavy atom. The van der Waals surface area contributed by atoms with E-state index in [2.05, 4.69) is 62.2 Å². The van der Waals surface area contributed by atoms with E-state index in [0.717, 1.165) is 5.75 Å². The average molecular weight is 219 g/mol. The molecule has 0 aliphatic carbocycles. The zero-order valence-electron chi connectivity index (χ0n) is 9.49. The number of benzene rings is 1. The number of aromatic nitrogens is 1. The van der Waals surface area contributed by atoms with Gasteiger partial charge in [-0.3, -0.25) is 0 Å². The molecule has 2 aromatic rings. The minimum absolute atomic E-state index is 0.492. The first kappa shape index (κ1) is 10.6. The molecule has 0 saturated carbocycles.